The summed E-state index contributed by atoms with van der Waals surface area (Å²) in [6.07, 6.45) is 0. The van der Waals surface area contributed by atoms with Gasteiger partial charge < -0.3 is 14.0 Å². The lowest BCUT2D eigenvalue weighted by molar-refractivity contribution is 0.414. The van der Waals surface area contributed by atoms with Gasteiger partial charge in [0.2, 0.25) is 0 Å². The standard InChI is InChI=1S/C21H28O5S/c1-20(2,3)17-12-15(13-18(19(17)22)21(4,5)6)26-27(23,24)16-10-8-14(25-7)9-11-16/h8-13,22H,1-7H3. The Labute approximate surface area is 162 Å². The Hall–Kier alpha value is -2.21. The summed E-state index contributed by atoms with van der Waals surface area (Å²) >= 11 is 0. The number of aromatic hydroxyl groups is 1. The van der Waals surface area contributed by atoms with Crippen molar-refractivity contribution < 1.29 is 22.4 Å². The summed E-state index contributed by atoms with van der Waals surface area (Å²) in [6.45, 7) is 11.7. The summed E-state index contributed by atoms with van der Waals surface area (Å²) in [6, 6.07) is 9.17. The quantitative estimate of drug-likeness (QED) is 0.759. The van der Waals surface area contributed by atoms with Gasteiger partial charge in [0.05, 0.1) is 7.11 Å². The lowest BCUT2D eigenvalue weighted by Crippen LogP contribution is -2.18. The van der Waals surface area contributed by atoms with Crippen LogP contribution >= 0.6 is 0 Å². The van der Waals surface area contributed by atoms with Crippen LogP contribution in [0.2, 0.25) is 0 Å². The lowest BCUT2D eigenvalue weighted by atomic mass is 9.79. The zero-order valence-corrected chi connectivity index (χ0v) is 17.8. The Kier molecular flexibility index (Phi) is 5.53. The molecule has 2 aromatic carbocycles. The van der Waals surface area contributed by atoms with E-state index in [1.807, 2.05) is 41.5 Å². The Balaban J connectivity index is 2.54. The molecule has 0 aliphatic heterocycles. The predicted molar refractivity (Wildman–Crippen MR) is 106 cm³/mol. The van der Waals surface area contributed by atoms with Gasteiger partial charge in [-0.2, -0.15) is 8.42 Å². The molecule has 148 valence electrons. The smallest absolute Gasteiger partial charge is 0.339 e. The molecule has 27 heavy (non-hydrogen) atoms. The molecule has 0 saturated carbocycles. The minimum atomic E-state index is -4.01. The van der Waals surface area contributed by atoms with E-state index < -0.39 is 10.1 Å². The summed E-state index contributed by atoms with van der Waals surface area (Å²) in [5.74, 6) is 0.909. The van der Waals surface area contributed by atoms with Crippen molar-refractivity contribution >= 4 is 10.1 Å². The molecule has 0 aliphatic carbocycles. The molecule has 1 N–H and O–H groups in total. The first-order valence-corrected chi connectivity index (χ1v) is 10.1. The summed E-state index contributed by atoms with van der Waals surface area (Å²) in [4.78, 5) is 0.0333. The highest BCUT2D eigenvalue weighted by molar-refractivity contribution is 7.87. The van der Waals surface area contributed by atoms with Gasteiger partial charge in [-0.3, -0.25) is 0 Å². The summed E-state index contributed by atoms with van der Waals surface area (Å²) in [5, 5.41) is 10.7. The first-order chi connectivity index (χ1) is 12.3. The van der Waals surface area contributed by atoms with Crippen molar-refractivity contribution in [1.29, 1.82) is 0 Å². The van der Waals surface area contributed by atoms with Crippen LogP contribution in [0, 0.1) is 0 Å². The maximum absolute atomic E-state index is 12.7. The van der Waals surface area contributed by atoms with Crippen molar-refractivity contribution in [3.63, 3.8) is 0 Å². The fourth-order valence-corrected chi connectivity index (χ4v) is 3.63. The average molecular weight is 393 g/mol. The van der Waals surface area contributed by atoms with Crippen molar-refractivity contribution in [3.8, 4) is 17.2 Å². The second kappa shape index (κ2) is 7.08. The molecule has 0 unspecified atom stereocenters. The van der Waals surface area contributed by atoms with E-state index in [9.17, 15) is 13.5 Å². The maximum atomic E-state index is 12.7. The molecule has 0 amide bonds. The van der Waals surface area contributed by atoms with Crippen molar-refractivity contribution in [2.45, 2.75) is 57.3 Å². The van der Waals surface area contributed by atoms with Gasteiger partial charge in [0.1, 0.15) is 22.1 Å². The highest BCUT2D eigenvalue weighted by atomic mass is 32.2. The summed E-state index contributed by atoms with van der Waals surface area (Å²) in [5.41, 5.74) is 0.505. The normalized spacial score (nSPS) is 12.7. The second-order valence-corrected chi connectivity index (χ2v) is 10.1. The van der Waals surface area contributed by atoms with Gasteiger partial charge in [0.25, 0.3) is 0 Å². The van der Waals surface area contributed by atoms with Crippen molar-refractivity contribution in [2.24, 2.45) is 0 Å². The summed E-state index contributed by atoms with van der Waals surface area (Å²) in [7, 11) is -2.50. The van der Waals surface area contributed by atoms with Crippen LogP contribution in [0.15, 0.2) is 41.3 Å². The number of hydrogen-bond acceptors (Lipinski definition) is 5. The number of ether oxygens (including phenoxy) is 1. The van der Waals surface area contributed by atoms with E-state index in [1.165, 1.54) is 19.2 Å². The van der Waals surface area contributed by atoms with Crippen LogP contribution in [0.1, 0.15) is 52.7 Å². The molecule has 0 bridgehead atoms. The molecule has 0 radical (unpaired) electrons. The SMILES string of the molecule is COc1ccc(S(=O)(=O)Oc2cc(C(C)(C)C)c(O)c(C(C)(C)C)c2)cc1. The topological polar surface area (TPSA) is 72.8 Å². The van der Waals surface area contributed by atoms with E-state index in [4.69, 9.17) is 8.92 Å². The Morgan fingerprint density at radius 3 is 1.63 bits per heavy atom. The molecule has 2 aromatic rings. The second-order valence-electron chi connectivity index (χ2n) is 8.58. The van der Waals surface area contributed by atoms with E-state index in [0.717, 1.165) is 0 Å². The van der Waals surface area contributed by atoms with Gasteiger partial charge >= 0.3 is 10.1 Å². The van der Waals surface area contributed by atoms with E-state index in [0.29, 0.717) is 16.9 Å². The van der Waals surface area contributed by atoms with Gasteiger partial charge in [-0.1, -0.05) is 41.5 Å². The van der Waals surface area contributed by atoms with Crippen LogP contribution in [0.5, 0.6) is 17.2 Å². The Bertz CT molecular complexity index is 880. The first kappa shape index (κ1) is 21.1. The van der Waals surface area contributed by atoms with Gasteiger partial charge in [-0.05, 0) is 47.2 Å². The van der Waals surface area contributed by atoms with Gasteiger partial charge in [-0.25, -0.2) is 0 Å². The Morgan fingerprint density at radius 2 is 1.26 bits per heavy atom. The van der Waals surface area contributed by atoms with E-state index in [2.05, 4.69) is 0 Å². The van der Waals surface area contributed by atoms with E-state index >= 15 is 0 Å². The molecule has 0 aromatic heterocycles. The molecular formula is C21H28O5S. The number of phenolic OH excluding ortho intramolecular Hbond substituents is 1. The van der Waals surface area contributed by atoms with Crippen LogP contribution in [0.25, 0.3) is 0 Å². The molecule has 2 rings (SSSR count). The van der Waals surface area contributed by atoms with Gasteiger partial charge in [0.15, 0.2) is 0 Å². The molecular weight excluding hydrogens is 364 g/mol. The van der Waals surface area contributed by atoms with Gasteiger partial charge in [0, 0.05) is 11.1 Å². The van der Waals surface area contributed by atoms with E-state index in [-0.39, 0.29) is 27.2 Å². The minimum Gasteiger partial charge on any atom is -0.507 e. The molecule has 0 saturated heterocycles. The van der Waals surface area contributed by atoms with Crippen LogP contribution in [0.3, 0.4) is 0 Å². The summed E-state index contributed by atoms with van der Waals surface area (Å²) < 4.78 is 35.8. The molecule has 0 spiro atoms. The fourth-order valence-electron chi connectivity index (χ4n) is 2.72. The zero-order chi connectivity index (χ0) is 20.6. The third kappa shape index (κ3) is 4.75. The molecule has 0 heterocycles. The third-order valence-electron chi connectivity index (χ3n) is 4.25. The van der Waals surface area contributed by atoms with Gasteiger partial charge in [-0.15, -0.1) is 0 Å². The highest BCUT2D eigenvalue weighted by Gasteiger charge is 2.28. The lowest BCUT2D eigenvalue weighted by Gasteiger charge is -2.28. The van der Waals surface area contributed by atoms with Crippen LogP contribution < -0.4 is 8.92 Å². The fraction of sp³-hybridized carbons (Fsp3) is 0.429. The largest absolute Gasteiger partial charge is 0.507 e. The van der Waals surface area contributed by atoms with Crippen LogP contribution in [0.4, 0.5) is 0 Å². The van der Waals surface area contributed by atoms with Crippen molar-refractivity contribution in [1.82, 2.24) is 0 Å². The monoisotopic (exact) mass is 392 g/mol. The Morgan fingerprint density at radius 1 is 0.815 bits per heavy atom. The molecule has 0 atom stereocenters. The highest BCUT2D eigenvalue weighted by Crippen LogP contribution is 2.42. The minimum absolute atomic E-state index is 0.0333. The first-order valence-electron chi connectivity index (χ1n) is 8.72. The van der Waals surface area contributed by atoms with Crippen LogP contribution in [-0.2, 0) is 20.9 Å². The number of benzene rings is 2. The van der Waals surface area contributed by atoms with E-state index in [1.54, 1.807) is 24.3 Å². The maximum Gasteiger partial charge on any atom is 0.339 e. The van der Waals surface area contributed by atoms with Crippen LogP contribution in [-0.4, -0.2) is 20.6 Å². The van der Waals surface area contributed by atoms with Crippen molar-refractivity contribution in [3.05, 3.63) is 47.5 Å². The number of phenols is 1. The molecule has 0 fully saturated rings. The predicted octanol–water partition coefficient (Wildman–Crippen LogP) is 4.76. The average Bonchev–Trinajstić information content (AvgIpc) is 2.54. The number of methoxy groups -OCH3 is 1. The molecule has 6 heteroatoms. The number of rotatable bonds is 4. The zero-order valence-electron chi connectivity index (χ0n) is 17.0. The molecule has 5 nitrogen and oxygen atoms in total. The third-order valence-corrected chi connectivity index (χ3v) is 5.51. The number of hydrogen-bond donors (Lipinski definition) is 1. The van der Waals surface area contributed by atoms with Crippen molar-refractivity contribution in [2.75, 3.05) is 7.11 Å². The molecule has 0 aliphatic rings.